The third kappa shape index (κ3) is 5.42. The fourth-order valence-electron chi connectivity index (χ4n) is 3.59. The molecular formula is C22H38O3. The summed E-state index contributed by atoms with van der Waals surface area (Å²) >= 11 is 0. The highest BCUT2D eigenvalue weighted by molar-refractivity contribution is 5.64. The monoisotopic (exact) mass is 350 g/mol. The van der Waals surface area contributed by atoms with Crippen LogP contribution in [0, 0.1) is 12.8 Å². The van der Waals surface area contributed by atoms with Crippen LogP contribution < -0.4 is 4.74 Å². The molecule has 0 unspecified atom stereocenters. The Balaban J connectivity index is 0.00000277. The van der Waals surface area contributed by atoms with Crippen molar-refractivity contribution in [3.8, 4) is 17.2 Å². The van der Waals surface area contributed by atoms with E-state index in [9.17, 15) is 10.2 Å². The van der Waals surface area contributed by atoms with Gasteiger partial charge in [0.15, 0.2) is 11.5 Å². The normalized spacial score (nSPS) is 12.0. The Kier molecular flexibility index (Phi) is 9.10. The van der Waals surface area contributed by atoms with Gasteiger partial charge in [0.1, 0.15) is 5.75 Å². The van der Waals surface area contributed by atoms with Gasteiger partial charge in [-0.3, -0.25) is 0 Å². The SMILES string of the molecule is CC.CCc1c(O)c(C(C)(C)/C=C(\C)CC(C)C)c(C)c(O)c1OC. The molecule has 1 rings (SSSR count). The Hall–Kier alpha value is -1.64. The molecule has 0 fully saturated rings. The molecule has 0 aliphatic carbocycles. The average Bonchev–Trinajstić information content (AvgIpc) is 2.50. The maximum Gasteiger partial charge on any atom is 0.167 e. The molecule has 2 N–H and O–H groups in total. The van der Waals surface area contributed by atoms with Crippen LogP contribution in [0.15, 0.2) is 11.6 Å². The number of ether oxygens (including phenoxy) is 1. The van der Waals surface area contributed by atoms with Crippen LogP contribution in [-0.2, 0) is 11.8 Å². The van der Waals surface area contributed by atoms with Gasteiger partial charge in [-0.2, -0.15) is 0 Å². The standard InChI is InChI=1S/C20H32O3.C2H6/c1-9-15-18(22)16(14(5)17(21)19(15)23-8)20(6,7)11-13(4)10-12(2)3;1-2/h11-12,21-22H,9-10H2,1-8H3;1-2H3/b13-11+;. The van der Waals surface area contributed by atoms with Crippen molar-refractivity contribution in [2.45, 2.75) is 80.6 Å². The second-order valence-electron chi connectivity index (χ2n) is 7.37. The molecule has 1 aromatic rings. The molecule has 0 saturated heterocycles. The molecule has 0 radical (unpaired) electrons. The maximum absolute atomic E-state index is 10.8. The third-order valence-corrected chi connectivity index (χ3v) is 4.28. The molecule has 0 aliphatic heterocycles. The van der Waals surface area contributed by atoms with E-state index >= 15 is 0 Å². The van der Waals surface area contributed by atoms with Crippen LogP contribution in [0.3, 0.4) is 0 Å². The van der Waals surface area contributed by atoms with Crippen LogP contribution >= 0.6 is 0 Å². The minimum absolute atomic E-state index is 0.125. The Morgan fingerprint density at radius 1 is 1.16 bits per heavy atom. The molecule has 25 heavy (non-hydrogen) atoms. The summed E-state index contributed by atoms with van der Waals surface area (Å²) in [5, 5.41) is 21.3. The Bertz CT molecular complexity index is 596. The molecule has 0 aromatic heterocycles. The van der Waals surface area contributed by atoms with Crippen molar-refractivity contribution in [2.75, 3.05) is 7.11 Å². The summed E-state index contributed by atoms with van der Waals surface area (Å²) in [6.07, 6.45) is 3.81. The van der Waals surface area contributed by atoms with E-state index in [2.05, 4.69) is 40.7 Å². The van der Waals surface area contributed by atoms with Crippen molar-refractivity contribution >= 4 is 0 Å². The van der Waals surface area contributed by atoms with Crippen LogP contribution in [0.5, 0.6) is 17.2 Å². The van der Waals surface area contributed by atoms with E-state index in [1.807, 2.05) is 27.7 Å². The first-order chi connectivity index (χ1) is 11.6. The number of methoxy groups -OCH3 is 1. The second kappa shape index (κ2) is 9.74. The van der Waals surface area contributed by atoms with Gasteiger partial charge in [0.2, 0.25) is 0 Å². The summed E-state index contributed by atoms with van der Waals surface area (Å²) in [7, 11) is 1.52. The largest absolute Gasteiger partial charge is 0.507 e. The Morgan fingerprint density at radius 3 is 2.08 bits per heavy atom. The highest BCUT2D eigenvalue weighted by Gasteiger charge is 2.30. The average molecular weight is 351 g/mol. The number of phenolic OH excluding ortho intramolecular Hbond substituents is 2. The van der Waals surface area contributed by atoms with Gasteiger partial charge in [-0.15, -0.1) is 0 Å². The second-order valence-corrected chi connectivity index (χ2v) is 7.37. The lowest BCUT2D eigenvalue weighted by Crippen LogP contribution is -2.18. The topological polar surface area (TPSA) is 49.7 Å². The highest BCUT2D eigenvalue weighted by atomic mass is 16.5. The minimum atomic E-state index is -0.374. The van der Waals surface area contributed by atoms with Gasteiger partial charge in [0, 0.05) is 22.1 Å². The molecule has 1 aromatic carbocycles. The lowest BCUT2D eigenvalue weighted by molar-refractivity contribution is 0.357. The van der Waals surface area contributed by atoms with Gasteiger partial charge in [0.05, 0.1) is 7.11 Å². The van der Waals surface area contributed by atoms with Crippen molar-refractivity contribution in [1.82, 2.24) is 0 Å². The van der Waals surface area contributed by atoms with E-state index in [1.54, 1.807) is 0 Å². The molecule has 0 aliphatic rings. The lowest BCUT2D eigenvalue weighted by Gasteiger charge is -2.28. The molecule has 3 nitrogen and oxygen atoms in total. The molecule has 144 valence electrons. The predicted molar refractivity (Wildman–Crippen MR) is 108 cm³/mol. The molecule has 3 heteroatoms. The summed E-state index contributed by atoms with van der Waals surface area (Å²) in [6.45, 7) is 18.4. The number of allylic oxidation sites excluding steroid dienone is 2. The first kappa shape index (κ1) is 23.4. The summed E-state index contributed by atoms with van der Waals surface area (Å²) < 4.78 is 5.30. The molecule has 0 heterocycles. The highest BCUT2D eigenvalue weighted by Crippen LogP contribution is 2.47. The molecule has 0 amide bonds. The quantitative estimate of drug-likeness (QED) is 0.469. The third-order valence-electron chi connectivity index (χ3n) is 4.28. The van der Waals surface area contributed by atoms with Gasteiger partial charge in [-0.05, 0) is 32.6 Å². The summed E-state index contributed by atoms with van der Waals surface area (Å²) in [5.41, 5.74) is 3.03. The fraction of sp³-hybridized carbons (Fsp3) is 0.636. The molecule has 0 atom stereocenters. The van der Waals surface area contributed by atoms with E-state index in [4.69, 9.17) is 4.74 Å². The van der Waals surface area contributed by atoms with E-state index in [-0.39, 0.29) is 16.9 Å². The van der Waals surface area contributed by atoms with Gasteiger partial charge < -0.3 is 14.9 Å². The van der Waals surface area contributed by atoms with Crippen molar-refractivity contribution < 1.29 is 14.9 Å². The number of aromatic hydroxyl groups is 2. The van der Waals surface area contributed by atoms with Crippen molar-refractivity contribution in [3.05, 3.63) is 28.3 Å². The van der Waals surface area contributed by atoms with Crippen LogP contribution in [0.4, 0.5) is 0 Å². The number of hydrogen-bond acceptors (Lipinski definition) is 3. The van der Waals surface area contributed by atoms with Crippen molar-refractivity contribution in [3.63, 3.8) is 0 Å². The summed E-state index contributed by atoms with van der Waals surface area (Å²) in [6, 6.07) is 0. The Labute approximate surface area is 154 Å². The minimum Gasteiger partial charge on any atom is -0.507 e. The number of rotatable bonds is 6. The molecule has 0 saturated carbocycles. The zero-order chi connectivity index (χ0) is 19.9. The maximum atomic E-state index is 10.8. The zero-order valence-electron chi connectivity index (χ0n) is 17.9. The number of phenols is 2. The van der Waals surface area contributed by atoms with E-state index in [1.165, 1.54) is 12.7 Å². The zero-order valence-corrected chi connectivity index (χ0v) is 17.9. The lowest BCUT2D eigenvalue weighted by atomic mass is 9.77. The molecule has 0 bridgehead atoms. The first-order valence-corrected chi connectivity index (χ1v) is 9.36. The summed E-state index contributed by atoms with van der Waals surface area (Å²) in [4.78, 5) is 0. The summed E-state index contributed by atoms with van der Waals surface area (Å²) in [5.74, 6) is 1.33. The van der Waals surface area contributed by atoms with E-state index in [0.717, 1.165) is 12.0 Å². The van der Waals surface area contributed by atoms with Gasteiger partial charge in [-0.25, -0.2) is 0 Å². The van der Waals surface area contributed by atoms with Gasteiger partial charge >= 0.3 is 0 Å². The van der Waals surface area contributed by atoms with Crippen molar-refractivity contribution in [2.24, 2.45) is 5.92 Å². The predicted octanol–water partition coefficient (Wildman–Crippen LogP) is 6.27. The molecule has 0 spiro atoms. The number of hydrogen-bond donors (Lipinski definition) is 2. The van der Waals surface area contributed by atoms with E-state index in [0.29, 0.717) is 29.2 Å². The molecular weight excluding hydrogens is 312 g/mol. The van der Waals surface area contributed by atoms with Crippen LogP contribution in [0.2, 0.25) is 0 Å². The number of benzene rings is 1. The van der Waals surface area contributed by atoms with Crippen molar-refractivity contribution in [1.29, 1.82) is 0 Å². The van der Waals surface area contributed by atoms with Crippen LogP contribution in [-0.4, -0.2) is 17.3 Å². The van der Waals surface area contributed by atoms with E-state index < -0.39 is 0 Å². The fourth-order valence-corrected chi connectivity index (χ4v) is 3.59. The smallest absolute Gasteiger partial charge is 0.167 e. The Morgan fingerprint density at radius 2 is 1.68 bits per heavy atom. The first-order valence-electron chi connectivity index (χ1n) is 9.36. The van der Waals surface area contributed by atoms with Crippen LogP contribution in [0.1, 0.15) is 78.5 Å². The van der Waals surface area contributed by atoms with Crippen LogP contribution in [0.25, 0.3) is 0 Å². The van der Waals surface area contributed by atoms with Gasteiger partial charge in [-0.1, -0.05) is 60.1 Å². The van der Waals surface area contributed by atoms with Gasteiger partial charge in [0.25, 0.3) is 0 Å².